The predicted octanol–water partition coefficient (Wildman–Crippen LogP) is 3.72. The first kappa shape index (κ1) is 20.9. The summed E-state index contributed by atoms with van der Waals surface area (Å²) >= 11 is 1.90. The number of thioether (sulfide) groups is 1. The molecule has 0 radical (unpaired) electrons. The highest BCUT2D eigenvalue weighted by molar-refractivity contribution is 7.99. The molecule has 1 aromatic rings. The third kappa shape index (κ3) is 6.10. The first-order valence-electron chi connectivity index (χ1n) is 10.8. The second kappa shape index (κ2) is 10.7. The molecule has 3 rings (SSSR count). The van der Waals surface area contributed by atoms with E-state index in [0.29, 0.717) is 11.8 Å². The van der Waals surface area contributed by atoms with Crippen LogP contribution in [-0.2, 0) is 6.54 Å². The molecule has 3 atom stereocenters. The molecule has 0 spiro atoms. The molecule has 0 saturated carbocycles. The number of fused-ring (bicyclic) bond motifs is 4. The van der Waals surface area contributed by atoms with Crippen molar-refractivity contribution in [2.24, 2.45) is 5.92 Å². The highest BCUT2D eigenvalue weighted by atomic mass is 32.2. The summed E-state index contributed by atoms with van der Waals surface area (Å²) in [6, 6.07) is 5.67. The Kier molecular flexibility index (Phi) is 8.28. The molecule has 0 aliphatic carbocycles. The van der Waals surface area contributed by atoms with E-state index in [9.17, 15) is 9.90 Å². The molecule has 3 heterocycles. The number of aromatic nitrogens is 1. The highest BCUT2D eigenvalue weighted by Gasteiger charge is 2.34. The summed E-state index contributed by atoms with van der Waals surface area (Å²) in [7, 11) is 0. The van der Waals surface area contributed by atoms with Crippen LogP contribution in [0, 0.1) is 5.92 Å². The lowest BCUT2D eigenvalue weighted by Gasteiger charge is -2.43. The number of hydrogen-bond acceptors (Lipinski definition) is 4. The lowest BCUT2D eigenvalue weighted by atomic mass is 9.83. The molecule has 0 aromatic carbocycles. The van der Waals surface area contributed by atoms with Crippen LogP contribution in [0.4, 0.5) is 0 Å². The zero-order valence-corrected chi connectivity index (χ0v) is 17.6. The van der Waals surface area contributed by atoms with Crippen LogP contribution in [0.3, 0.4) is 0 Å². The minimum absolute atomic E-state index is 0.141. The highest BCUT2D eigenvalue weighted by Crippen LogP contribution is 2.34. The molecule has 2 bridgehead atoms. The fourth-order valence-electron chi connectivity index (χ4n) is 4.70. The normalized spacial score (nSPS) is 23.2. The number of pyridine rings is 1. The minimum atomic E-state index is -0.244. The fourth-order valence-corrected chi connectivity index (χ4v) is 5.65. The van der Waals surface area contributed by atoms with E-state index in [1.807, 2.05) is 22.4 Å². The zero-order valence-electron chi connectivity index (χ0n) is 16.8. The van der Waals surface area contributed by atoms with Gasteiger partial charge >= 0.3 is 0 Å². The minimum Gasteiger partial charge on any atom is -0.391 e. The molecule has 4 nitrogen and oxygen atoms in total. The van der Waals surface area contributed by atoms with E-state index in [1.54, 1.807) is 6.07 Å². The van der Waals surface area contributed by atoms with Gasteiger partial charge in [0.15, 0.2) is 0 Å². The van der Waals surface area contributed by atoms with E-state index < -0.39 is 0 Å². The van der Waals surface area contributed by atoms with E-state index in [4.69, 9.17) is 0 Å². The zero-order chi connectivity index (χ0) is 19.1. The molecular weight excluding hydrogens is 356 g/mol. The lowest BCUT2D eigenvalue weighted by molar-refractivity contribution is 0.0717. The molecule has 2 aliphatic rings. The number of unbranched alkanes of at least 4 members (excludes halogenated alkanes) is 5. The summed E-state index contributed by atoms with van der Waals surface area (Å²) < 4.78 is 1.98. The molecule has 1 N–H and O–H groups in total. The molecule has 2 aliphatic heterocycles. The molecule has 1 saturated heterocycles. The van der Waals surface area contributed by atoms with E-state index in [-0.39, 0.29) is 11.7 Å². The average molecular weight is 393 g/mol. The third-order valence-corrected chi connectivity index (χ3v) is 7.17. The van der Waals surface area contributed by atoms with Crippen LogP contribution in [0.5, 0.6) is 0 Å². The number of hydrogen-bond donors (Lipinski definition) is 1. The summed E-state index contributed by atoms with van der Waals surface area (Å²) in [4.78, 5) is 14.5. The van der Waals surface area contributed by atoms with E-state index >= 15 is 0 Å². The summed E-state index contributed by atoms with van der Waals surface area (Å²) in [6.07, 6.45) is 8.95. The van der Waals surface area contributed by atoms with Crippen molar-refractivity contribution >= 4 is 11.8 Å². The van der Waals surface area contributed by atoms with Gasteiger partial charge in [0, 0.05) is 49.6 Å². The molecule has 0 unspecified atom stereocenters. The van der Waals surface area contributed by atoms with Crippen molar-refractivity contribution in [3.63, 3.8) is 0 Å². The maximum Gasteiger partial charge on any atom is 0.250 e. The predicted molar refractivity (Wildman–Crippen MR) is 115 cm³/mol. The first-order chi connectivity index (χ1) is 13.2. The number of β-amino-alcohol motifs (C(OH)–C–C–N with tert-alkyl or cyclic N) is 1. The summed E-state index contributed by atoms with van der Waals surface area (Å²) in [5.74, 6) is 3.00. The molecular formula is C22H36N2O2S. The maximum absolute atomic E-state index is 12.1. The van der Waals surface area contributed by atoms with Crippen molar-refractivity contribution in [3.8, 4) is 0 Å². The smallest absolute Gasteiger partial charge is 0.250 e. The van der Waals surface area contributed by atoms with Crippen molar-refractivity contribution in [3.05, 3.63) is 34.2 Å². The third-order valence-electron chi connectivity index (χ3n) is 5.98. The Morgan fingerprint density at radius 2 is 1.96 bits per heavy atom. The largest absolute Gasteiger partial charge is 0.391 e. The van der Waals surface area contributed by atoms with Gasteiger partial charge in [-0.15, -0.1) is 0 Å². The number of likely N-dealkylation sites (tertiary alicyclic amines) is 1. The fraction of sp³-hybridized carbons (Fsp3) is 0.773. The van der Waals surface area contributed by atoms with Crippen LogP contribution in [0.15, 0.2) is 23.0 Å². The Balaban J connectivity index is 1.36. The van der Waals surface area contributed by atoms with E-state index in [1.165, 1.54) is 56.4 Å². The topological polar surface area (TPSA) is 45.5 Å². The van der Waals surface area contributed by atoms with Gasteiger partial charge in [-0.2, -0.15) is 11.8 Å². The Labute approximate surface area is 168 Å². The van der Waals surface area contributed by atoms with Crippen molar-refractivity contribution < 1.29 is 5.11 Å². The van der Waals surface area contributed by atoms with Gasteiger partial charge in [-0.3, -0.25) is 9.69 Å². The van der Waals surface area contributed by atoms with Gasteiger partial charge in [0.05, 0.1) is 6.10 Å². The van der Waals surface area contributed by atoms with Gasteiger partial charge < -0.3 is 9.67 Å². The van der Waals surface area contributed by atoms with E-state index in [2.05, 4.69) is 17.9 Å². The number of piperidine rings is 1. The summed E-state index contributed by atoms with van der Waals surface area (Å²) in [5, 5.41) is 10.5. The number of aliphatic hydroxyl groups is 1. The molecule has 1 aromatic heterocycles. The van der Waals surface area contributed by atoms with Crippen molar-refractivity contribution in [2.45, 2.75) is 70.4 Å². The number of nitrogens with zero attached hydrogens (tertiary/aromatic N) is 2. The van der Waals surface area contributed by atoms with Crippen molar-refractivity contribution in [1.29, 1.82) is 0 Å². The Morgan fingerprint density at radius 1 is 1.15 bits per heavy atom. The average Bonchev–Trinajstić information content (AvgIpc) is 2.65. The second-order valence-corrected chi connectivity index (χ2v) is 9.56. The van der Waals surface area contributed by atoms with Gasteiger partial charge in [-0.1, -0.05) is 45.1 Å². The van der Waals surface area contributed by atoms with Gasteiger partial charge in [0.25, 0.3) is 5.56 Å². The monoisotopic (exact) mass is 392 g/mol. The molecule has 0 amide bonds. The van der Waals surface area contributed by atoms with Gasteiger partial charge in [0.1, 0.15) is 0 Å². The Hall–Kier alpha value is -0.780. The van der Waals surface area contributed by atoms with Gasteiger partial charge in [-0.25, -0.2) is 0 Å². The van der Waals surface area contributed by atoms with Crippen LogP contribution in [0.1, 0.15) is 63.5 Å². The molecule has 5 heteroatoms. The number of aliphatic hydroxyl groups excluding tert-OH is 1. The second-order valence-electron chi connectivity index (χ2n) is 8.41. The molecule has 27 heavy (non-hydrogen) atoms. The van der Waals surface area contributed by atoms with Crippen LogP contribution >= 0.6 is 11.8 Å². The Morgan fingerprint density at radius 3 is 2.81 bits per heavy atom. The SMILES string of the molecule is CCCCCCCCSC[C@H](O)CN1C[C@@H]2C[C@@H](C1)c1cccc(=O)n1C2. The van der Waals surface area contributed by atoms with E-state index in [0.717, 1.165) is 31.9 Å². The summed E-state index contributed by atoms with van der Waals surface area (Å²) in [6.45, 7) is 5.85. The van der Waals surface area contributed by atoms with Crippen LogP contribution in [-0.4, -0.2) is 51.8 Å². The van der Waals surface area contributed by atoms with Crippen LogP contribution in [0.2, 0.25) is 0 Å². The van der Waals surface area contributed by atoms with Crippen molar-refractivity contribution in [2.75, 3.05) is 31.1 Å². The standard InChI is InChI=1S/C22H36N2O2S/c1-2-3-4-5-6-7-11-27-17-20(25)16-23-13-18-12-19(15-23)21-9-8-10-22(26)24(21)14-18/h8-10,18-20,25H,2-7,11-17H2,1H3/t18-,19-,20+/m0/s1. The molecule has 152 valence electrons. The Bertz CT molecular complexity index is 633. The van der Waals surface area contributed by atoms with Gasteiger partial charge in [-0.05, 0) is 30.6 Å². The van der Waals surface area contributed by atoms with Crippen LogP contribution < -0.4 is 5.56 Å². The molecule has 1 fully saturated rings. The number of rotatable bonds is 11. The summed E-state index contributed by atoms with van der Waals surface area (Å²) in [5.41, 5.74) is 1.33. The van der Waals surface area contributed by atoms with Crippen molar-refractivity contribution in [1.82, 2.24) is 9.47 Å². The maximum atomic E-state index is 12.1. The lowest BCUT2D eigenvalue weighted by Crippen LogP contribution is -2.49. The van der Waals surface area contributed by atoms with Gasteiger partial charge in [0.2, 0.25) is 0 Å². The van der Waals surface area contributed by atoms with Crippen LogP contribution in [0.25, 0.3) is 0 Å². The first-order valence-corrected chi connectivity index (χ1v) is 12.0. The quantitative estimate of drug-likeness (QED) is 0.583.